The standard InChI is InChI=1S/C17H25ClN4O5S/c1-4-12(2)19-17(23)11-20-5-7-21(8-6-20)28(26,27)14-9-15(18)13(3)16(10-14)22(24)25/h9-10,12H,4-8,11H2,1-3H3,(H,19,23). The molecule has 1 aromatic rings. The van der Waals surface area contributed by atoms with Crippen LogP contribution < -0.4 is 5.32 Å². The van der Waals surface area contributed by atoms with E-state index in [4.69, 9.17) is 11.6 Å². The van der Waals surface area contributed by atoms with Crippen molar-refractivity contribution in [3.63, 3.8) is 0 Å². The number of nitro groups is 1. The predicted molar refractivity (Wildman–Crippen MR) is 106 cm³/mol. The second-order valence-electron chi connectivity index (χ2n) is 6.86. The van der Waals surface area contributed by atoms with Crippen molar-refractivity contribution in [1.82, 2.24) is 14.5 Å². The van der Waals surface area contributed by atoms with Gasteiger partial charge in [-0.25, -0.2) is 8.42 Å². The summed E-state index contributed by atoms with van der Waals surface area (Å²) in [5, 5.41) is 14.1. The van der Waals surface area contributed by atoms with Gasteiger partial charge in [-0.2, -0.15) is 4.31 Å². The van der Waals surface area contributed by atoms with Gasteiger partial charge >= 0.3 is 0 Å². The van der Waals surface area contributed by atoms with Crippen LogP contribution in [-0.4, -0.2) is 67.2 Å². The van der Waals surface area contributed by atoms with Gasteiger partial charge in [0, 0.05) is 43.9 Å². The van der Waals surface area contributed by atoms with E-state index in [1.807, 2.05) is 18.7 Å². The van der Waals surface area contributed by atoms with Crippen LogP contribution in [0.25, 0.3) is 0 Å². The summed E-state index contributed by atoms with van der Waals surface area (Å²) in [6, 6.07) is 2.38. The summed E-state index contributed by atoms with van der Waals surface area (Å²) in [4.78, 5) is 24.2. The van der Waals surface area contributed by atoms with Crippen LogP contribution in [0.5, 0.6) is 0 Å². The second kappa shape index (κ2) is 9.17. The van der Waals surface area contributed by atoms with Crippen molar-refractivity contribution in [1.29, 1.82) is 0 Å². The Balaban J connectivity index is 2.07. The van der Waals surface area contributed by atoms with E-state index >= 15 is 0 Å². The lowest BCUT2D eigenvalue weighted by Crippen LogP contribution is -2.51. The Labute approximate surface area is 169 Å². The molecular formula is C17H25ClN4O5S. The average Bonchev–Trinajstić information content (AvgIpc) is 2.63. The fraction of sp³-hybridized carbons (Fsp3) is 0.588. The van der Waals surface area contributed by atoms with Crippen molar-refractivity contribution >= 4 is 33.2 Å². The molecule has 0 bridgehead atoms. The van der Waals surface area contributed by atoms with Gasteiger partial charge in [0.25, 0.3) is 5.69 Å². The highest BCUT2D eigenvalue weighted by molar-refractivity contribution is 7.89. The van der Waals surface area contributed by atoms with E-state index in [1.165, 1.54) is 17.3 Å². The molecule has 2 rings (SSSR count). The Morgan fingerprint density at radius 3 is 2.46 bits per heavy atom. The molecule has 0 radical (unpaired) electrons. The Hall–Kier alpha value is -1.75. The molecule has 28 heavy (non-hydrogen) atoms. The lowest BCUT2D eigenvalue weighted by molar-refractivity contribution is -0.385. The molecule has 0 aliphatic carbocycles. The van der Waals surface area contributed by atoms with Crippen LogP contribution in [0, 0.1) is 17.0 Å². The third-order valence-electron chi connectivity index (χ3n) is 4.84. The highest BCUT2D eigenvalue weighted by Crippen LogP contribution is 2.31. The Morgan fingerprint density at radius 1 is 1.32 bits per heavy atom. The van der Waals surface area contributed by atoms with Crippen molar-refractivity contribution in [2.75, 3.05) is 32.7 Å². The van der Waals surface area contributed by atoms with E-state index in [-0.39, 0.29) is 52.8 Å². The Morgan fingerprint density at radius 2 is 1.93 bits per heavy atom. The van der Waals surface area contributed by atoms with Crippen molar-refractivity contribution < 1.29 is 18.1 Å². The number of carbonyl (C=O) groups excluding carboxylic acids is 1. The van der Waals surface area contributed by atoms with Crippen LogP contribution in [0.2, 0.25) is 5.02 Å². The van der Waals surface area contributed by atoms with Crippen molar-refractivity contribution in [2.24, 2.45) is 0 Å². The van der Waals surface area contributed by atoms with Crippen LogP contribution in [0.4, 0.5) is 5.69 Å². The molecule has 1 heterocycles. The number of amides is 1. The number of nitrogens with zero attached hydrogens (tertiary/aromatic N) is 3. The quantitative estimate of drug-likeness (QED) is 0.519. The van der Waals surface area contributed by atoms with Gasteiger partial charge in [0.05, 0.1) is 21.4 Å². The molecule has 156 valence electrons. The first kappa shape index (κ1) is 22.5. The van der Waals surface area contributed by atoms with E-state index in [1.54, 1.807) is 0 Å². The molecule has 1 unspecified atom stereocenters. The minimum Gasteiger partial charge on any atom is -0.353 e. The maximum Gasteiger partial charge on any atom is 0.275 e. The van der Waals surface area contributed by atoms with Gasteiger partial charge in [0.2, 0.25) is 15.9 Å². The number of hydrogen-bond donors (Lipinski definition) is 1. The van der Waals surface area contributed by atoms with Crippen LogP contribution in [-0.2, 0) is 14.8 Å². The average molecular weight is 433 g/mol. The van der Waals surface area contributed by atoms with Crippen molar-refractivity contribution in [3.05, 3.63) is 32.8 Å². The van der Waals surface area contributed by atoms with Crippen molar-refractivity contribution in [2.45, 2.75) is 38.1 Å². The van der Waals surface area contributed by atoms with Gasteiger partial charge in [-0.05, 0) is 26.3 Å². The van der Waals surface area contributed by atoms with Gasteiger partial charge in [-0.1, -0.05) is 18.5 Å². The summed E-state index contributed by atoms with van der Waals surface area (Å²) in [6.07, 6.45) is 0.836. The Bertz CT molecular complexity index is 853. The van der Waals surface area contributed by atoms with Gasteiger partial charge in [0.15, 0.2) is 0 Å². The summed E-state index contributed by atoms with van der Waals surface area (Å²) in [6.45, 7) is 6.77. The van der Waals surface area contributed by atoms with Crippen LogP contribution >= 0.6 is 11.6 Å². The van der Waals surface area contributed by atoms with Gasteiger partial charge in [-0.3, -0.25) is 19.8 Å². The van der Waals surface area contributed by atoms with E-state index < -0.39 is 14.9 Å². The minimum atomic E-state index is -3.91. The highest BCUT2D eigenvalue weighted by Gasteiger charge is 2.31. The first-order chi connectivity index (χ1) is 13.1. The van der Waals surface area contributed by atoms with Crippen molar-refractivity contribution in [3.8, 4) is 0 Å². The number of rotatable bonds is 7. The van der Waals surface area contributed by atoms with E-state index in [0.29, 0.717) is 13.1 Å². The van der Waals surface area contributed by atoms with Gasteiger partial charge < -0.3 is 5.32 Å². The number of hydrogen-bond acceptors (Lipinski definition) is 6. The molecule has 11 heteroatoms. The molecule has 1 N–H and O–H groups in total. The molecule has 9 nitrogen and oxygen atoms in total. The Kier molecular flexibility index (Phi) is 7.38. The summed E-state index contributed by atoms with van der Waals surface area (Å²) < 4.78 is 27.0. The molecule has 1 aliphatic heterocycles. The zero-order chi connectivity index (χ0) is 21.1. The van der Waals surface area contributed by atoms with E-state index in [9.17, 15) is 23.3 Å². The fourth-order valence-electron chi connectivity index (χ4n) is 2.88. The van der Waals surface area contributed by atoms with E-state index in [2.05, 4.69) is 5.32 Å². The molecule has 0 saturated carbocycles. The second-order valence-corrected chi connectivity index (χ2v) is 9.21. The molecule has 1 aliphatic rings. The number of benzene rings is 1. The zero-order valence-electron chi connectivity index (χ0n) is 16.1. The molecule has 0 aromatic heterocycles. The number of sulfonamides is 1. The van der Waals surface area contributed by atoms with E-state index in [0.717, 1.165) is 12.5 Å². The lowest BCUT2D eigenvalue weighted by Gasteiger charge is -2.33. The summed E-state index contributed by atoms with van der Waals surface area (Å²) in [5.41, 5.74) is -0.103. The highest BCUT2D eigenvalue weighted by atomic mass is 35.5. The third-order valence-corrected chi connectivity index (χ3v) is 7.11. The topological polar surface area (TPSA) is 113 Å². The fourth-order valence-corrected chi connectivity index (χ4v) is 4.63. The third kappa shape index (κ3) is 5.19. The minimum absolute atomic E-state index is 0.0353. The maximum absolute atomic E-state index is 12.9. The molecular weight excluding hydrogens is 408 g/mol. The lowest BCUT2D eigenvalue weighted by atomic mass is 10.2. The molecule has 0 spiro atoms. The first-order valence-electron chi connectivity index (χ1n) is 9.02. The van der Waals surface area contributed by atoms with Crippen LogP contribution in [0.15, 0.2) is 17.0 Å². The van der Waals surface area contributed by atoms with Gasteiger partial charge in [0.1, 0.15) is 0 Å². The predicted octanol–water partition coefficient (Wildman–Crippen LogP) is 1.78. The first-order valence-corrected chi connectivity index (χ1v) is 10.8. The summed E-state index contributed by atoms with van der Waals surface area (Å²) in [5.74, 6) is -0.0911. The van der Waals surface area contributed by atoms with Crippen LogP contribution in [0.1, 0.15) is 25.8 Å². The number of carbonyl (C=O) groups is 1. The molecule has 1 amide bonds. The monoisotopic (exact) mass is 432 g/mol. The van der Waals surface area contributed by atoms with Crippen LogP contribution in [0.3, 0.4) is 0 Å². The largest absolute Gasteiger partial charge is 0.353 e. The molecule has 1 aromatic carbocycles. The number of nitrogens with one attached hydrogen (secondary N) is 1. The molecule has 1 atom stereocenters. The molecule has 1 fully saturated rings. The number of halogens is 1. The number of nitro benzene ring substituents is 1. The van der Waals surface area contributed by atoms with Gasteiger partial charge in [-0.15, -0.1) is 0 Å². The summed E-state index contributed by atoms with van der Waals surface area (Å²) in [7, 11) is -3.91. The summed E-state index contributed by atoms with van der Waals surface area (Å²) >= 11 is 6.00. The normalized spacial score (nSPS) is 17.3. The molecule has 1 saturated heterocycles. The smallest absolute Gasteiger partial charge is 0.275 e. The number of piperazine rings is 1. The maximum atomic E-state index is 12.9. The zero-order valence-corrected chi connectivity index (χ0v) is 17.7. The SMILES string of the molecule is CCC(C)NC(=O)CN1CCN(S(=O)(=O)c2cc(Cl)c(C)c([N+](=O)[O-])c2)CC1.